The third kappa shape index (κ3) is 7.18. The van der Waals surface area contributed by atoms with Gasteiger partial charge in [0.05, 0.1) is 13.7 Å². The van der Waals surface area contributed by atoms with Crippen molar-refractivity contribution in [1.82, 2.24) is 10.2 Å². The van der Waals surface area contributed by atoms with Crippen LogP contribution in [0, 0.1) is 0 Å². The number of ether oxygens (including phenoxy) is 2. The lowest BCUT2D eigenvalue weighted by Gasteiger charge is -2.17. The second-order valence-electron chi connectivity index (χ2n) is 7.17. The zero-order valence-electron chi connectivity index (χ0n) is 18.8. The van der Waals surface area contributed by atoms with Gasteiger partial charge in [0, 0.05) is 44.1 Å². The van der Waals surface area contributed by atoms with E-state index in [-0.39, 0.29) is 30.0 Å². The van der Waals surface area contributed by atoms with Crippen LogP contribution in [0.15, 0.2) is 47.5 Å². The summed E-state index contributed by atoms with van der Waals surface area (Å²) in [6, 6.07) is 13.4. The molecule has 0 radical (unpaired) electrons. The fourth-order valence-corrected chi connectivity index (χ4v) is 3.40. The smallest absolute Gasteiger partial charge is 0.321 e. The summed E-state index contributed by atoms with van der Waals surface area (Å²) >= 11 is 0. The van der Waals surface area contributed by atoms with Crippen molar-refractivity contribution >= 4 is 47.3 Å². The molecule has 1 heterocycles. The van der Waals surface area contributed by atoms with Crippen LogP contribution in [-0.4, -0.2) is 50.7 Å². The van der Waals surface area contributed by atoms with E-state index < -0.39 is 0 Å². The topological polar surface area (TPSA) is 87.2 Å². The van der Waals surface area contributed by atoms with Crippen LogP contribution in [0.25, 0.3) is 0 Å². The van der Waals surface area contributed by atoms with Crippen LogP contribution in [0.2, 0.25) is 0 Å². The molecule has 1 fully saturated rings. The molecule has 0 aromatic heterocycles. The molecule has 8 nitrogen and oxygen atoms in total. The number of carbonyl (C=O) groups excluding carboxylic acids is 1. The van der Waals surface area contributed by atoms with E-state index in [1.165, 1.54) is 0 Å². The molecule has 0 aliphatic carbocycles. The van der Waals surface area contributed by atoms with Crippen molar-refractivity contribution in [3.63, 3.8) is 0 Å². The van der Waals surface area contributed by atoms with E-state index in [0.29, 0.717) is 30.6 Å². The molecule has 32 heavy (non-hydrogen) atoms. The number of carbonyl (C=O) groups is 1. The number of rotatable bonds is 7. The first-order chi connectivity index (χ1) is 15.1. The number of guanidine groups is 1. The lowest BCUT2D eigenvalue weighted by molar-refractivity contribution is 0.222. The third-order valence-corrected chi connectivity index (χ3v) is 4.98. The van der Waals surface area contributed by atoms with Gasteiger partial charge in [0.25, 0.3) is 0 Å². The maximum absolute atomic E-state index is 12.3. The van der Waals surface area contributed by atoms with Gasteiger partial charge in [-0.3, -0.25) is 4.99 Å². The summed E-state index contributed by atoms with van der Waals surface area (Å²) in [5, 5.41) is 9.53. The van der Waals surface area contributed by atoms with Crippen LogP contribution in [0.5, 0.6) is 11.5 Å². The van der Waals surface area contributed by atoms with E-state index in [1.54, 1.807) is 14.2 Å². The number of nitrogens with one attached hydrogen (secondary N) is 3. The van der Waals surface area contributed by atoms with Crippen molar-refractivity contribution < 1.29 is 14.3 Å². The summed E-state index contributed by atoms with van der Waals surface area (Å²) in [6.45, 7) is 4.71. The molecule has 1 aliphatic rings. The van der Waals surface area contributed by atoms with Gasteiger partial charge in [0.1, 0.15) is 0 Å². The standard InChI is InChI=1S/C23H31N5O3.HI/c1-4-31-20-11-10-19(15-21(20)30-3)26-22(24-2)25-16-17-8-7-9-18(14-17)27-23(29)28-12-5-6-13-28;/h7-11,14-15H,4-6,12-13,16H2,1-3H3,(H,27,29)(H2,24,25,26);1H. The molecule has 2 amide bonds. The highest BCUT2D eigenvalue weighted by molar-refractivity contribution is 14.0. The highest BCUT2D eigenvalue weighted by Crippen LogP contribution is 2.30. The lowest BCUT2D eigenvalue weighted by atomic mass is 10.2. The first-order valence-corrected chi connectivity index (χ1v) is 10.6. The maximum Gasteiger partial charge on any atom is 0.321 e. The van der Waals surface area contributed by atoms with Gasteiger partial charge >= 0.3 is 6.03 Å². The van der Waals surface area contributed by atoms with E-state index in [0.717, 1.165) is 42.9 Å². The normalized spacial score (nSPS) is 13.2. The number of hydrogen-bond donors (Lipinski definition) is 3. The molecule has 2 aromatic carbocycles. The number of amides is 2. The minimum absolute atomic E-state index is 0. The van der Waals surface area contributed by atoms with Gasteiger partial charge in [-0.2, -0.15) is 0 Å². The number of methoxy groups -OCH3 is 1. The summed E-state index contributed by atoms with van der Waals surface area (Å²) in [5.41, 5.74) is 2.65. The molecule has 1 aliphatic heterocycles. The quantitative estimate of drug-likeness (QED) is 0.267. The minimum Gasteiger partial charge on any atom is -0.493 e. The van der Waals surface area contributed by atoms with Crippen molar-refractivity contribution in [2.24, 2.45) is 4.99 Å². The number of benzene rings is 2. The van der Waals surface area contributed by atoms with Crippen LogP contribution in [0.1, 0.15) is 25.3 Å². The highest BCUT2D eigenvalue weighted by atomic mass is 127. The number of anilines is 2. The molecule has 2 aromatic rings. The predicted molar refractivity (Wildman–Crippen MR) is 140 cm³/mol. The molecular weight excluding hydrogens is 521 g/mol. The van der Waals surface area contributed by atoms with Gasteiger partial charge in [-0.25, -0.2) is 4.79 Å². The number of hydrogen-bond acceptors (Lipinski definition) is 4. The van der Waals surface area contributed by atoms with Gasteiger partial charge in [-0.15, -0.1) is 24.0 Å². The van der Waals surface area contributed by atoms with Gasteiger partial charge in [-0.1, -0.05) is 12.1 Å². The molecule has 0 spiro atoms. The first-order valence-electron chi connectivity index (χ1n) is 10.6. The van der Waals surface area contributed by atoms with Crippen LogP contribution >= 0.6 is 24.0 Å². The average Bonchev–Trinajstić information content (AvgIpc) is 3.33. The monoisotopic (exact) mass is 553 g/mol. The number of urea groups is 1. The highest BCUT2D eigenvalue weighted by Gasteiger charge is 2.17. The lowest BCUT2D eigenvalue weighted by Crippen LogP contribution is -2.32. The average molecular weight is 553 g/mol. The Bertz CT molecular complexity index is 916. The van der Waals surface area contributed by atoms with E-state index >= 15 is 0 Å². The number of aliphatic imine (C=N–C) groups is 1. The Labute approximate surface area is 206 Å². The summed E-state index contributed by atoms with van der Waals surface area (Å²) < 4.78 is 11.0. The number of nitrogens with zero attached hydrogens (tertiary/aromatic N) is 2. The molecule has 9 heteroatoms. The molecule has 3 N–H and O–H groups in total. The molecule has 1 saturated heterocycles. The Morgan fingerprint density at radius 1 is 1.06 bits per heavy atom. The second-order valence-corrected chi connectivity index (χ2v) is 7.17. The van der Waals surface area contributed by atoms with E-state index in [2.05, 4.69) is 20.9 Å². The SMILES string of the molecule is CCOc1ccc(NC(=NC)NCc2cccc(NC(=O)N3CCCC3)c2)cc1OC.I. The second kappa shape index (κ2) is 13.0. The Hall–Kier alpha value is -2.69. The Kier molecular flexibility index (Phi) is 10.4. The van der Waals surface area contributed by atoms with Gasteiger partial charge in [0.15, 0.2) is 17.5 Å². The number of halogens is 1. The summed E-state index contributed by atoms with van der Waals surface area (Å²) in [7, 11) is 3.33. The van der Waals surface area contributed by atoms with Gasteiger partial charge in [-0.05, 0) is 49.6 Å². The zero-order chi connectivity index (χ0) is 22.1. The predicted octanol–water partition coefficient (Wildman–Crippen LogP) is 4.53. The van der Waals surface area contributed by atoms with Crippen molar-refractivity contribution in [3.05, 3.63) is 48.0 Å². The summed E-state index contributed by atoms with van der Waals surface area (Å²) in [4.78, 5) is 18.4. The van der Waals surface area contributed by atoms with Crippen LogP contribution in [0.4, 0.5) is 16.2 Å². The molecular formula is C23H32IN5O3. The van der Waals surface area contributed by atoms with Crippen LogP contribution < -0.4 is 25.4 Å². The van der Waals surface area contributed by atoms with Gasteiger partial charge in [0.2, 0.25) is 0 Å². The molecule has 0 unspecified atom stereocenters. The van der Waals surface area contributed by atoms with E-state index in [4.69, 9.17) is 9.47 Å². The number of likely N-dealkylation sites (tertiary alicyclic amines) is 1. The van der Waals surface area contributed by atoms with Crippen molar-refractivity contribution in [2.75, 3.05) is 44.5 Å². The molecule has 0 atom stereocenters. The largest absolute Gasteiger partial charge is 0.493 e. The van der Waals surface area contributed by atoms with E-state index in [1.807, 2.05) is 54.3 Å². The van der Waals surface area contributed by atoms with Crippen LogP contribution in [-0.2, 0) is 6.54 Å². The molecule has 174 valence electrons. The molecule has 3 rings (SSSR count). The first kappa shape index (κ1) is 25.6. The zero-order valence-corrected chi connectivity index (χ0v) is 21.1. The Balaban J connectivity index is 0.00000363. The van der Waals surface area contributed by atoms with E-state index in [9.17, 15) is 4.79 Å². The van der Waals surface area contributed by atoms with Crippen molar-refractivity contribution in [3.8, 4) is 11.5 Å². The van der Waals surface area contributed by atoms with Crippen molar-refractivity contribution in [2.45, 2.75) is 26.3 Å². The summed E-state index contributed by atoms with van der Waals surface area (Å²) in [5.74, 6) is 1.98. The third-order valence-electron chi connectivity index (χ3n) is 4.98. The van der Waals surface area contributed by atoms with Gasteiger partial charge < -0.3 is 30.3 Å². The molecule has 0 bridgehead atoms. The fraction of sp³-hybridized carbons (Fsp3) is 0.391. The minimum atomic E-state index is -0.0375. The maximum atomic E-state index is 12.3. The Morgan fingerprint density at radius 2 is 1.81 bits per heavy atom. The summed E-state index contributed by atoms with van der Waals surface area (Å²) in [6.07, 6.45) is 2.15. The fourth-order valence-electron chi connectivity index (χ4n) is 3.40. The molecule has 0 saturated carbocycles. The Morgan fingerprint density at radius 3 is 2.50 bits per heavy atom. The van der Waals surface area contributed by atoms with Crippen molar-refractivity contribution in [1.29, 1.82) is 0 Å². The van der Waals surface area contributed by atoms with Crippen LogP contribution in [0.3, 0.4) is 0 Å².